The molecule has 0 aromatic heterocycles. The van der Waals surface area contributed by atoms with Gasteiger partial charge in [-0.2, -0.15) is 0 Å². The molecule has 0 aliphatic carbocycles. The quantitative estimate of drug-likeness (QED) is 0.544. The first-order valence-corrected chi connectivity index (χ1v) is 11.2. The summed E-state index contributed by atoms with van der Waals surface area (Å²) in [6.07, 6.45) is 0.981. The van der Waals surface area contributed by atoms with E-state index >= 15 is 0 Å². The summed E-state index contributed by atoms with van der Waals surface area (Å²) in [4.78, 5) is 18.1. The monoisotopic (exact) mass is 425 g/mol. The van der Waals surface area contributed by atoms with E-state index in [0.29, 0.717) is 6.61 Å². The van der Waals surface area contributed by atoms with Crippen LogP contribution in [0.15, 0.2) is 48.5 Å². The van der Waals surface area contributed by atoms with Gasteiger partial charge in [0.25, 0.3) is 0 Å². The molecule has 0 bridgehead atoms. The highest BCUT2D eigenvalue weighted by atomic mass is 16.5. The Bertz CT molecular complexity index is 834. The molecule has 6 nitrogen and oxygen atoms in total. The first kappa shape index (κ1) is 22.9. The number of carbonyl (C=O) groups excluding carboxylic acids is 1. The Kier molecular flexibility index (Phi) is 8.59. The number of benzene rings is 2. The number of rotatable bonds is 10. The van der Waals surface area contributed by atoms with E-state index in [1.54, 1.807) is 14.0 Å². The van der Waals surface area contributed by atoms with Crippen molar-refractivity contribution in [3.63, 3.8) is 0 Å². The number of hydrogen-bond donors (Lipinski definition) is 0. The molecule has 2 aromatic carbocycles. The summed E-state index contributed by atoms with van der Waals surface area (Å²) >= 11 is 0. The van der Waals surface area contributed by atoms with Crippen LogP contribution in [-0.2, 0) is 11.3 Å². The Balaban J connectivity index is 1.46. The van der Waals surface area contributed by atoms with Crippen molar-refractivity contribution in [2.24, 2.45) is 0 Å². The van der Waals surface area contributed by atoms with Gasteiger partial charge in [0, 0.05) is 64.5 Å². The molecule has 0 N–H and O–H groups in total. The van der Waals surface area contributed by atoms with Gasteiger partial charge < -0.3 is 19.3 Å². The van der Waals surface area contributed by atoms with Crippen molar-refractivity contribution in [1.82, 2.24) is 9.80 Å². The maximum atomic E-state index is 11.4. The van der Waals surface area contributed by atoms with Gasteiger partial charge in [-0.3, -0.25) is 9.69 Å². The minimum atomic E-state index is 0.177. The molecule has 2 aromatic rings. The van der Waals surface area contributed by atoms with E-state index in [1.807, 2.05) is 23.1 Å². The molecule has 1 saturated heterocycles. The third-order valence-corrected chi connectivity index (χ3v) is 5.78. The summed E-state index contributed by atoms with van der Waals surface area (Å²) in [7, 11) is 1.70. The lowest BCUT2D eigenvalue weighted by molar-refractivity contribution is -0.130. The second kappa shape index (κ2) is 11.6. The van der Waals surface area contributed by atoms with Crippen LogP contribution >= 0.6 is 0 Å². The van der Waals surface area contributed by atoms with Crippen LogP contribution < -0.4 is 14.4 Å². The zero-order valence-corrected chi connectivity index (χ0v) is 19.0. The van der Waals surface area contributed by atoms with Gasteiger partial charge in [-0.15, -0.1) is 0 Å². The number of amides is 1. The van der Waals surface area contributed by atoms with Gasteiger partial charge in [-0.1, -0.05) is 18.2 Å². The zero-order valence-electron chi connectivity index (χ0n) is 19.0. The summed E-state index contributed by atoms with van der Waals surface area (Å²) in [6, 6.07) is 16.5. The molecule has 0 saturated carbocycles. The maximum Gasteiger partial charge on any atom is 0.219 e. The fraction of sp³-hybridized carbons (Fsp3) is 0.480. The van der Waals surface area contributed by atoms with Crippen LogP contribution in [0.1, 0.15) is 25.8 Å². The van der Waals surface area contributed by atoms with Gasteiger partial charge in [0.2, 0.25) is 5.91 Å². The molecular weight excluding hydrogens is 390 g/mol. The average molecular weight is 426 g/mol. The van der Waals surface area contributed by atoms with E-state index in [4.69, 9.17) is 9.47 Å². The van der Waals surface area contributed by atoms with Crippen LogP contribution in [0.3, 0.4) is 0 Å². The van der Waals surface area contributed by atoms with Gasteiger partial charge in [0.05, 0.1) is 13.7 Å². The van der Waals surface area contributed by atoms with Crippen LogP contribution in [-0.4, -0.2) is 68.7 Å². The Morgan fingerprint density at radius 2 is 1.77 bits per heavy atom. The highest BCUT2D eigenvalue weighted by molar-refractivity contribution is 5.73. The van der Waals surface area contributed by atoms with Crippen LogP contribution in [0, 0.1) is 0 Å². The van der Waals surface area contributed by atoms with E-state index < -0.39 is 0 Å². The predicted molar refractivity (Wildman–Crippen MR) is 125 cm³/mol. The molecule has 31 heavy (non-hydrogen) atoms. The van der Waals surface area contributed by atoms with Crippen LogP contribution in [0.2, 0.25) is 0 Å². The topological polar surface area (TPSA) is 45.2 Å². The van der Waals surface area contributed by atoms with Crippen LogP contribution in [0.4, 0.5) is 5.69 Å². The zero-order chi connectivity index (χ0) is 22.1. The molecule has 1 heterocycles. The highest BCUT2D eigenvalue weighted by Crippen LogP contribution is 2.23. The summed E-state index contributed by atoms with van der Waals surface area (Å²) < 4.78 is 11.4. The summed E-state index contributed by atoms with van der Waals surface area (Å²) in [5, 5.41) is 0. The third kappa shape index (κ3) is 6.89. The molecule has 1 amide bonds. The molecule has 6 heteroatoms. The van der Waals surface area contributed by atoms with E-state index in [0.717, 1.165) is 69.4 Å². The van der Waals surface area contributed by atoms with E-state index in [9.17, 15) is 4.79 Å². The Morgan fingerprint density at radius 3 is 2.48 bits per heavy atom. The SMILES string of the molecule is CCN(Cc1cccc(OCCCN2CCN(C(C)=O)CC2)c1)c1cccc(OC)c1. The van der Waals surface area contributed by atoms with Crippen molar-refractivity contribution in [2.45, 2.75) is 26.8 Å². The van der Waals surface area contributed by atoms with Crippen LogP contribution in [0.5, 0.6) is 11.5 Å². The molecule has 0 unspecified atom stereocenters. The molecule has 1 aliphatic rings. The standard InChI is InChI=1S/C25H35N3O3/c1-4-27(23-9-6-10-24(19-23)30-3)20-22-8-5-11-25(18-22)31-17-7-12-26-13-15-28(16-14-26)21(2)29/h5-6,8-11,18-19H,4,7,12-17,20H2,1-3H3. The number of nitrogens with zero attached hydrogens (tertiary/aromatic N) is 3. The van der Waals surface area contributed by atoms with Crippen molar-refractivity contribution in [3.05, 3.63) is 54.1 Å². The average Bonchev–Trinajstić information content (AvgIpc) is 2.81. The van der Waals surface area contributed by atoms with E-state index in [2.05, 4.69) is 47.1 Å². The summed E-state index contributed by atoms with van der Waals surface area (Å²) in [5.74, 6) is 1.97. The number of piperazine rings is 1. The molecular formula is C25H35N3O3. The molecule has 0 atom stereocenters. The molecule has 3 rings (SSSR count). The minimum Gasteiger partial charge on any atom is -0.497 e. The number of ether oxygens (including phenoxy) is 2. The fourth-order valence-electron chi connectivity index (χ4n) is 3.91. The molecule has 1 fully saturated rings. The lowest BCUT2D eigenvalue weighted by Gasteiger charge is -2.34. The van der Waals surface area contributed by atoms with E-state index in [-0.39, 0.29) is 5.91 Å². The fourth-order valence-corrected chi connectivity index (χ4v) is 3.91. The van der Waals surface area contributed by atoms with Crippen molar-refractivity contribution in [1.29, 1.82) is 0 Å². The lowest BCUT2D eigenvalue weighted by atomic mass is 10.2. The van der Waals surface area contributed by atoms with Gasteiger partial charge in [-0.25, -0.2) is 0 Å². The van der Waals surface area contributed by atoms with Crippen LogP contribution in [0.25, 0.3) is 0 Å². The first-order valence-electron chi connectivity index (χ1n) is 11.2. The van der Waals surface area contributed by atoms with Gasteiger partial charge in [0.1, 0.15) is 11.5 Å². The lowest BCUT2D eigenvalue weighted by Crippen LogP contribution is -2.48. The third-order valence-electron chi connectivity index (χ3n) is 5.78. The summed E-state index contributed by atoms with van der Waals surface area (Å²) in [6.45, 7) is 10.8. The second-order valence-corrected chi connectivity index (χ2v) is 7.91. The van der Waals surface area contributed by atoms with Gasteiger partial charge in [-0.05, 0) is 43.2 Å². The predicted octanol–water partition coefficient (Wildman–Crippen LogP) is 3.65. The van der Waals surface area contributed by atoms with Gasteiger partial charge in [0.15, 0.2) is 0 Å². The Morgan fingerprint density at radius 1 is 1.03 bits per heavy atom. The van der Waals surface area contributed by atoms with Crippen molar-refractivity contribution in [3.8, 4) is 11.5 Å². The Hall–Kier alpha value is -2.73. The molecule has 0 spiro atoms. The Labute approximate surface area is 186 Å². The normalized spacial score (nSPS) is 14.4. The smallest absolute Gasteiger partial charge is 0.219 e. The highest BCUT2D eigenvalue weighted by Gasteiger charge is 2.17. The maximum absolute atomic E-state index is 11.4. The molecule has 1 aliphatic heterocycles. The second-order valence-electron chi connectivity index (χ2n) is 7.91. The number of carbonyl (C=O) groups is 1. The number of methoxy groups -OCH3 is 1. The minimum absolute atomic E-state index is 0.177. The first-order chi connectivity index (χ1) is 15.1. The van der Waals surface area contributed by atoms with Crippen molar-refractivity contribution < 1.29 is 14.3 Å². The molecule has 168 valence electrons. The van der Waals surface area contributed by atoms with Crippen molar-refractivity contribution >= 4 is 11.6 Å². The molecule has 0 radical (unpaired) electrons. The number of hydrogen-bond acceptors (Lipinski definition) is 5. The van der Waals surface area contributed by atoms with Crippen molar-refractivity contribution in [2.75, 3.05) is 57.9 Å². The van der Waals surface area contributed by atoms with Gasteiger partial charge >= 0.3 is 0 Å². The van der Waals surface area contributed by atoms with E-state index in [1.165, 1.54) is 5.56 Å². The number of anilines is 1. The largest absolute Gasteiger partial charge is 0.497 e. The summed E-state index contributed by atoms with van der Waals surface area (Å²) in [5.41, 5.74) is 2.38.